The Morgan fingerprint density at radius 2 is 2.40 bits per heavy atom. The summed E-state index contributed by atoms with van der Waals surface area (Å²) in [6.07, 6.45) is 0. The molecule has 1 unspecified atom stereocenters. The lowest BCUT2D eigenvalue weighted by atomic mass is 10.3. The van der Waals surface area contributed by atoms with Gasteiger partial charge in [0.05, 0.1) is 13.2 Å². The lowest BCUT2D eigenvalue weighted by molar-refractivity contribution is 0.413. The summed E-state index contributed by atoms with van der Waals surface area (Å²) in [5.41, 5.74) is 0. The highest BCUT2D eigenvalue weighted by Crippen LogP contribution is 2.23. The summed E-state index contributed by atoms with van der Waals surface area (Å²) < 4.78 is 5.12. The minimum Gasteiger partial charge on any atom is -0.497 e. The molecule has 1 rings (SSSR count). The molecule has 0 bridgehead atoms. The van der Waals surface area contributed by atoms with Crippen LogP contribution in [0.25, 0.3) is 0 Å². The van der Waals surface area contributed by atoms with Gasteiger partial charge in [-0.25, -0.2) is 0 Å². The first-order valence-electron chi connectivity index (χ1n) is 4.64. The lowest BCUT2D eigenvalue weighted by Gasteiger charge is -2.07. The van der Waals surface area contributed by atoms with Crippen molar-refractivity contribution in [3.63, 3.8) is 0 Å². The number of hydrogen-bond donors (Lipinski definition) is 1. The molecule has 1 atom stereocenters. The number of methoxy groups -OCH3 is 1. The van der Waals surface area contributed by atoms with Gasteiger partial charge in [0, 0.05) is 10.6 Å². The maximum absolute atomic E-state index is 8.75. The van der Waals surface area contributed by atoms with Gasteiger partial charge in [-0.1, -0.05) is 6.07 Å². The highest BCUT2D eigenvalue weighted by Gasteiger charge is 2.04. The number of benzene rings is 1. The fourth-order valence-electron chi connectivity index (χ4n) is 1.06. The smallest absolute Gasteiger partial charge is 0.119 e. The summed E-state index contributed by atoms with van der Waals surface area (Å²) in [5, 5.41) is 11.7. The zero-order valence-electron chi connectivity index (χ0n) is 8.86. The molecule has 0 saturated heterocycles. The number of hydrogen-bond acceptors (Lipinski definition) is 4. The lowest BCUT2D eigenvalue weighted by Crippen LogP contribution is -2.25. The fourth-order valence-corrected chi connectivity index (χ4v) is 2.03. The van der Waals surface area contributed by atoms with E-state index in [2.05, 4.69) is 11.4 Å². The molecule has 0 amide bonds. The van der Waals surface area contributed by atoms with Crippen molar-refractivity contribution < 1.29 is 4.74 Å². The van der Waals surface area contributed by atoms with Gasteiger partial charge >= 0.3 is 0 Å². The van der Waals surface area contributed by atoms with E-state index in [9.17, 15) is 0 Å². The highest BCUT2D eigenvalue weighted by atomic mass is 32.2. The van der Waals surface area contributed by atoms with Gasteiger partial charge in [0.1, 0.15) is 11.8 Å². The molecule has 80 valence electrons. The second-order valence-corrected chi connectivity index (χ2v) is 4.05. The van der Waals surface area contributed by atoms with Crippen LogP contribution in [0.15, 0.2) is 29.2 Å². The largest absolute Gasteiger partial charge is 0.497 e. The van der Waals surface area contributed by atoms with Crippen molar-refractivity contribution in [3.8, 4) is 11.8 Å². The van der Waals surface area contributed by atoms with Crippen molar-refractivity contribution in [2.75, 3.05) is 19.9 Å². The van der Waals surface area contributed by atoms with Crippen molar-refractivity contribution in [2.45, 2.75) is 10.9 Å². The van der Waals surface area contributed by atoms with E-state index in [1.165, 1.54) is 0 Å². The average Bonchev–Trinajstić information content (AvgIpc) is 2.31. The maximum Gasteiger partial charge on any atom is 0.119 e. The fraction of sp³-hybridized carbons (Fsp3) is 0.364. The van der Waals surface area contributed by atoms with Crippen LogP contribution in [-0.4, -0.2) is 26.0 Å². The van der Waals surface area contributed by atoms with Crippen LogP contribution >= 0.6 is 11.8 Å². The summed E-state index contributed by atoms with van der Waals surface area (Å²) in [4.78, 5) is 1.12. The molecule has 0 aliphatic rings. The number of thioether (sulfide) groups is 1. The van der Waals surface area contributed by atoms with Crippen LogP contribution in [0.3, 0.4) is 0 Å². The van der Waals surface area contributed by atoms with Crippen molar-refractivity contribution >= 4 is 11.8 Å². The van der Waals surface area contributed by atoms with Crippen LogP contribution < -0.4 is 10.1 Å². The molecular weight excluding hydrogens is 208 g/mol. The van der Waals surface area contributed by atoms with Gasteiger partial charge in [-0.05, 0) is 25.2 Å². The topological polar surface area (TPSA) is 45.0 Å². The van der Waals surface area contributed by atoms with E-state index in [0.29, 0.717) is 0 Å². The Bertz CT molecular complexity index is 349. The molecule has 1 N–H and O–H groups in total. The molecule has 0 fully saturated rings. The maximum atomic E-state index is 8.75. The molecule has 0 heterocycles. The van der Waals surface area contributed by atoms with Gasteiger partial charge in [-0.15, -0.1) is 11.8 Å². The third-order valence-corrected chi connectivity index (χ3v) is 3.05. The van der Waals surface area contributed by atoms with Crippen molar-refractivity contribution in [2.24, 2.45) is 0 Å². The van der Waals surface area contributed by atoms with E-state index in [1.54, 1.807) is 25.9 Å². The van der Waals surface area contributed by atoms with Crippen LogP contribution in [-0.2, 0) is 0 Å². The van der Waals surface area contributed by atoms with Gasteiger partial charge in [0.15, 0.2) is 0 Å². The molecule has 0 saturated carbocycles. The van der Waals surface area contributed by atoms with Crippen LogP contribution in [0.1, 0.15) is 0 Å². The Kier molecular flexibility index (Phi) is 5.02. The number of nitrogens with one attached hydrogen (secondary N) is 1. The third-order valence-electron chi connectivity index (χ3n) is 1.96. The first kappa shape index (κ1) is 11.9. The quantitative estimate of drug-likeness (QED) is 0.773. The Labute approximate surface area is 94.4 Å². The summed E-state index contributed by atoms with van der Waals surface area (Å²) >= 11 is 1.64. The monoisotopic (exact) mass is 222 g/mol. The van der Waals surface area contributed by atoms with Gasteiger partial charge in [0.25, 0.3) is 0 Å². The standard InChI is InChI=1S/C11H14N2OS/c1-13-9(7-12)8-15-11-5-3-4-10(6-11)14-2/h3-6,9,13H,8H2,1-2H3. The van der Waals surface area contributed by atoms with Gasteiger partial charge in [-0.3, -0.25) is 0 Å². The van der Waals surface area contributed by atoms with E-state index < -0.39 is 0 Å². The first-order chi connectivity index (χ1) is 7.30. The predicted octanol–water partition coefficient (Wildman–Crippen LogP) is 1.90. The van der Waals surface area contributed by atoms with Crippen molar-refractivity contribution in [1.82, 2.24) is 5.32 Å². The zero-order chi connectivity index (χ0) is 11.1. The number of nitriles is 1. The summed E-state index contributed by atoms with van der Waals surface area (Å²) in [7, 11) is 3.44. The second kappa shape index (κ2) is 6.33. The Morgan fingerprint density at radius 1 is 1.60 bits per heavy atom. The number of ether oxygens (including phenoxy) is 1. The van der Waals surface area contributed by atoms with Gasteiger partial charge in [0.2, 0.25) is 0 Å². The molecule has 3 nitrogen and oxygen atoms in total. The second-order valence-electron chi connectivity index (χ2n) is 2.96. The van der Waals surface area contributed by atoms with Crippen molar-refractivity contribution in [3.05, 3.63) is 24.3 Å². The first-order valence-corrected chi connectivity index (χ1v) is 5.62. The normalized spacial score (nSPS) is 11.8. The predicted molar refractivity (Wildman–Crippen MR) is 62.2 cm³/mol. The number of rotatable bonds is 5. The van der Waals surface area contributed by atoms with E-state index in [-0.39, 0.29) is 6.04 Å². The molecule has 15 heavy (non-hydrogen) atoms. The molecule has 0 aliphatic carbocycles. The number of nitrogens with zero attached hydrogens (tertiary/aromatic N) is 1. The molecule has 1 aromatic carbocycles. The molecular formula is C11H14N2OS. The van der Waals surface area contributed by atoms with Gasteiger partial charge in [-0.2, -0.15) is 5.26 Å². The molecule has 0 spiro atoms. The Hall–Kier alpha value is -1.18. The van der Waals surface area contributed by atoms with Gasteiger partial charge < -0.3 is 10.1 Å². The molecule has 0 radical (unpaired) electrons. The van der Waals surface area contributed by atoms with E-state index in [1.807, 2.05) is 24.3 Å². The van der Waals surface area contributed by atoms with E-state index in [0.717, 1.165) is 16.4 Å². The Morgan fingerprint density at radius 3 is 3.00 bits per heavy atom. The van der Waals surface area contributed by atoms with Crippen molar-refractivity contribution in [1.29, 1.82) is 5.26 Å². The van der Waals surface area contributed by atoms with E-state index in [4.69, 9.17) is 10.00 Å². The minimum atomic E-state index is -0.110. The molecule has 0 aromatic heterocycles. The summed E-state index contributed by atoms with van der Waals surface area (Å²) in [6, 6.07) is 9.91. The van der Waals surface area contributed by atoms with Crippen LogP contribution in [0.5, 0.6) is 5.75 Å². The molecule has 4 heteroatoms. The summed E-state index contributed by atoms with van der Waals surface area (Å²) in [5.74, 6) is 1.58. The zero-order valence-corrected chi connectivity index (χ0v) is 9.67. The minimum absolute atomic E-state index is 0.110. The van der Waals surface area contributed by atoms with Crippen LogP contribution in [0, 0.1) is 11.3 Å². The third kappa shape index (κ3) is 3.82. The van der Waals surface area contributed by atoms with Crippen LogP contribution in [0.2, 0.25) is 0 Å². The van der Waals surface area contributed by atoms with E-state index >= 15 is 0 Å². The Balaban J connectivity index is 2.54. The van der Waals surface area contributed by atoms with Crippen LogP contribution in [0.4, 0.5) is 0 Å². The highest BCUT2D eigenvalue weighted by molar-refractivity contribution is 7.99. The molecule has 1 aromatic rings. The summed E-state index contributed by atoms with van der Waals surface area (Å²) in [6.45, 7) is 0. The molecule has 0 aliphatic heterocycles. The SMILES string of the molecule is CNC(C#N)CSc1cccc(OC)c1. The average molecular weight is 222 g/mol.